The van der Waals surface area contributed by atoms with Crippen molar-refractivity contribution in [2.75, 3.05) is 13.1 Å². The first-order valence-corrected chi connectivity index (χ1v) is 6.21. The Balaban J connectivity index is 2.37. The highest BCUT2D eigenvalue weighted by Gasteiger charge is 2.18. The number of benzene rings is 1. The number of amides is 1. The van der Waals surface area contributed by atoms with Gasteiger partial charge in [0.1, 0.15) is 0 Å². The van der Waals surface area contributed by atoms with E-state index in [2.05, 4.69) is 10.1 Å². The number of para-hydroxylation sites is 1. The molecule has 1 aromatic carbocycles. The average Bonchev–Trinajstić information content (AvgIpc) is 2.83. The Hall–Kier alpha value is -2.37. The number of nitrogens with zero attached hydrogens (tertiary/aromatic N) is 3. The molecule has 0 aliphatic heterocycles. The van der Waals surface area contributed by atoms with E-state index in [0.717, 1.165) is 0 Å². The van der Waals surface area contributed by atoms with Gasteiger partial charge in [0, 0.05) is 13.1 Å². The Kier molecular flexibility index (Phi) is 3.79. The third-order valence-corrected chi connectivity index (χ3v) is 2.87. The molecule has 6 nitrogen and oxygen atoms in total. The van der Waals surface area contributed by atoms with Crippen LogP contribution in [0.15, 0.2) is 35.1 Å². The molecule has 0 unspecified atom stereocenters. The molecule has 2 rings (SSSR count). The Morgan fingerprint density at radius 3 is 2.47 bits per heavy atom. The van der Waals surface area contributed by atoms with Crippen LogP contribution in [-0.4, -0.2) is 38.7 Å². The van der Waals surface area contributed by atoms with Gasteiger partial charge in [-0.2, -0.15) is 4.68 Å². The fourth-order valence-corrected chi connectivity index (χ4v) is 1.83. The van der Waals surface area contributed by atoms with Crippen LogP contribution in [0.5, 0.6) is 0 Å². The summed E-state index contributed by atoms with van der Waals surface area (Å²) in [7, 11) is 0. The number of aromatic nitrogens is 3. The second kappa shape index (κ2) is 5.51. The highest BCUT2D eigenvalue weighted by atomic mass is 16.2. The molecule has 0 aliphatic carbocycles. The zero-order chi connectivity index (χ0) is 13.8. The van der Waals surface area contributed by atoms with Crippen molar-refractivity contribution in [1.29, 1.82) is 0 Å². The SMILES string of the molecule is CCN(CC)C(=O)c1nn(-c2ccccc2)c(=O)[nH]1. The van der Waals surface area contributed by atoms with Crippen molar-refractivity contribution >= 4 is 5.91 Å². The molecule has 0 saturated heterocycles. The molecule has 0 fully saturated rings. The normalized spacial score (nSPS) is 10.4. The van der Waals surface area contributed by atoms with E-state index in [-0.39, 0.29) is 11.7 Å². The van der Waals surface area contributed by atoms with Gasteiger partial charge >= 0.3 is 5.69 Å². The van der Waals surface area contributed by atoms with Gasteiger partial charge in [-0.25, -0.2) is 4.79 Å². The van der Waals surface area contributed by atoms with Gasteiger partial charge in [0.15, 0.2) is 0 Å². The van der Waals surface area contributed by atoms with Crippen LogP contribution in [0.3, 0.4) is 0 Å². The van der Waals surface area contributed by atoms with E-state index < -0.39 is 5.69 Å². The Bertz CT molecular complexity index is 611. The van der Waals surface area contributed by atoms with E-state index >= 15 is 0 Å². The summed E-state index contributed by atoms with van der Waals surface area (Å²) in [6.07, 6.45) is 0. The summed E-state index contributed by atoms with van der Waals surface area (Å²) in [6, 6.07) is 8.98. The van der Waals surface area contributed by atoms with E-state index in [1.165, 1.54) is 4.68 Å². The summed E-state index contributed by atoms with van der Waals surface area (Å²) in [5, 5.41) is 4.05. The van der Waals surface area contributed by atoms with Crippen molar-refractivity contribution < 1.29 is 4.79 Å². The lowest BCUT2D eigenvalue weighted by molar-refractivity contribution is 0.0761. The van der Waals surface area contributed by atoms with E-state index in [4.69, 9.17) is 0 Å². The van der Waals surface area contributed by atoms with Crippen LogP contribution in [0.4, 0.5) is 0 Å². The lowest BCUT2D eigenvalue weighted by atomic mass is 10.3. The Morgan fingerprint density at radius 1 is 1.26 bits per heavy atom. The van der Waals surface area contributed by atoms with E-state index in [1.54, 1.807) is 17.0 Å². The van der Waals surface area contributed by atoms with Crippen molar-refractivity contribution in [1.82, 2.24) is 19.7 Å². The minimum absolute atomic E-state index is 0.0672. The second-order valence-electron chi connectivity index (χ2n) is 4.00. The Labute approximate surface area is 110 Å². The van der Waals surface area contributed by atoms with Crippen LogP contribution >= 0.6 is 0 Å². The van der Waals surface area contributed by atoms with E-state index in [1.807, 2.05) is 32.0 Å². The standard InChI is InChI=1S/C13H16N4O2/c1-3-16(4-2)12(18)11-14-13(19)17(15-11)10-8-6-5-7-9-10/h5-9H,3-4H2,1-2H3,(H,14,15,19). The molecule has 0 spiro atoms. The van der Waals surface area contributed by atoms with Crippen LogP contribution in [0.25, 0.3) is 5.69 Å². The summed E-state index contributed by atoms with van der Waals surface area (Å²) < 4.78 is 1.19. The minimum atomic E-state index is -0.415. The fraction of sp³-hybridized carbons (Fsp3) is 0.308. The topological polar surface area (TPSA) is 71.0 Å². The predicted octanol–water partition coefficient (Wildman–Crippen LogP) is 1.04. The van der Waals surface area contributed by atoms with E-state index in [9.17, 15) is 9.59 Å². The number of carbonyl (C=O) groups is 1. The van der Waals surface area contributed by atoms with Gasteiger partial charge in [-0.1, -0.05) is 18.2 Å². The van der Waals surface area contributed by atoms with Crippen molar-refractivity contribution in [3.8, 4) is 5.69 Å². The molecule has 100 valence electrons. The number of hydrogen-bond donors (Lipinski definition) is 1. The average molecular weight is 260 g/mol. The third kappa shape index (κ3) is 2.57. The van der Waals surface area contributed by atoms with Gasteiger partial charge < -0.3 is 4.90 Å². The molecule has 0 aliphatic rings. The first-order valence-electron chi connectivity index (χ1n) is 6.21. The van der Waals surface area contributed by atoms with Crippen LogP contribution in [0, 0.1) is 0 Å². The van der Waals surface area contributed by atoms with Gasteiger partial charge in [-0.15, -0.1) is 5.10 Å². The van der Waals surface area contributed by atoms with Crippen molar-refractivity contribution in [3.05, 3.63) is 46.6 Å². The van der Waals surface area contributed by atoms with Crippen molar-refractivity contribution in [2.24, 2.45) is 0 Å². The number of hydrogen-bond acceptors (Lipinski definition) is 3. The van der Waals surface area contributed by atoms with Gasteiger partial charge in [-0.05, 0) is 26.0 Å². The van der Waals surface area contributed by atoms with Gasteiger partial charge in [0.05, 0.1) is 5.69 Å². The number of H-pyrrole nitrogens is 1. The number of rotatable bonds is 4. The Morgan fingerprint density at radius 2 is 1.89 bits per heavy atom. The molecule has 0 atom stereocenters. The molecule has 6 heteroatoms. The highest BCUT2D eigenvalue weighted by Crippen LogP contribution is 2.03. The molecule has 19 heavy (non-hydrogen) atoms. The molecule has 1 N–H and O–H groups in total. The molecule has 0 bridgehead atoms. The van der Waals surface area contributed by atoms with Crippen LogP contribution in [0.2, 0.25) is 0 Å². The quantitative estimate of drug-likeness (QED) is 0.893. The molecule has 1 amide bonds. The molecule has 2 aromatic rings. The summed E-state index contributed by atoms with van der Waals surface area (Å²) in [4.78, 5) is 28.0. The minimum Gasteiger partial charge on any atom is -0.336 e. The van der Waals surface area contributed by atoms with Gasteiger partial charge in [-0.3, -0.25) is 9.78 Å². The summed E-state index contributed by atoms with van der Waals surface area (Å²) in [5.41, 5.74) is 0.212. The lowest BCUT2D eigenvalue weighted by Crippen LogP contribution is -2.31. The number of carbonyl (C=O) groups excluding carboxylic acids is 1. The molecule has 0 saturated carbocycles. The predicted molar refractivity (Wildman–Crippen MR) is 71.4 cm³/mol. The summed E-state index contributed by atoms with van der Waals surface area (Å²) in [5.74, 6) is -0.200. The van der Waals surface area contributed by atoms with Crippen molar-refractivity contribution in [2.45, 2.75) is 13.8 Å². The molecule has 0 radical (unpaired) electrons. The molecule has 1 aromatic heterocycles. The van der Waals surface area contributed by atoms with Crippen LogP contribution in [-0.2, 0) is 0 Å². The monoisotopic (exact) mass is 260 g/mol. The second-order valence-corrected chi connectivity index (χ2v) is 4.00. The maximum Gasteiger partial charge on any atom is 0.348 e. The van der Waals surface area contributed by atoms with Crippen LogP contribution in [0.1, 0.15) is 24.5 Å². The highest BCUT2D eigenvalue weighted by molar-refractivity contribution is 5.90. The van der Waals surface area contributed by atoms with Crippen LogP contribution < -0.4 is 5.69 Å². The summed E-state index contributed by atoms with van der Waals surface area (Å²) >= 11 is 0. The largest absolute Gasteiger partial charge is 0.348 e. The first-order chi connectivity index (χ1) is 9.17. The fourth-order valence-electron chi connectivity index (χ4n) is 1.83. The molecular weight excluding hydrogens is 244 g/mol. The zero-order valence-corrected chi connectivity index (χ0v) is 11.0. The first kappa shape index (κ1) is 13.1. The van der Waals surface area contributed by atoms with E-state index in [0.29, 0.717) is 18.8 Å². The molecule has 1 heterocycles. The smallest absolute Gasteiger partial charge is 0.336 e. The number of nitrogens with one attached hydrogen (secondary N) is 1. The maximum atomic E-state index is 12.1. The van der Waals surface area contributed by atoms with Gasteiger partial charge in [0.25, 0.3) is 5.91 Å². The lowest BCUT2D eigenvalue weighted by Gasteiger charge is -2.16. The summed E-state index contributed by atoms with van der Waals surface area (Å²) in [6.45, 7) is 4.92. The maximum absolute atomic E-state index is 12.1. The zero-order valence-electron chi connectivity index (χ0n) is 11.0. The third-order valence-electron chi connectivity index (χ3n) is 2.87. The number of aromatic amines is 1. The molecular formula is C13H16N4O2. The van der Waals surface area contributed by atoms with Gasteiger partial charge in [0.2, 0.25) is 5.82 Å². The van der Waals surface area contributed by atoms with Crippen molar-refractivity contribution in [3.63, 3.8) is 0 Å².